The summed E-state index contributed by atoms with van der Waals surface area (Å²) < 4.78 is 5.51. The molecule has 19 heavy (non-hydrogen) atoms. The van der Waals surface area contributed by atoms with Crippen molar-refractivity contribution in [2.24, 2.45) is 5.92 Å². The second-order valence-electron chi connectivity index (χ2n) is 4.99. The molecule has 1 saturated carbocycles. The standard InChI is InChI=1S/C15H18N2O2/c1-4-5-13(11-6-7-11)19-15(18)12-8-9-16-14(10-12)17(2)3/h1,8-11,13H,5-7H2,2-3H3. The lowest BCUT2D eigenvalue weighted by Crippen LogP contribution is -2.20. The molecule has 1 unspecified atom stereocenters. The van der Waals surface area contributed by atoms with Crippen LogP contribution in [0.15, 0.2) is 18.3 Å². The van der Waals surface area contributed by atoms with Crippen molar-refractivity contribution in [3.63, 3.8) is 0 Å². The number of carbonyl (C=O) groups is 1. The van der Waals surface area contributed by atoms with Gasteiger partial charge in [0.15, 0.2) is 0 Å². The maximum absolute atomic E-state index is 12.1. The zero-order chi connectivity index (χ0) is 13.8. The number of anilines is 1. The van der Waals surface area contributed by atoms with Crippen molar-refractivity contribution >= 4 is 11.8 Å². The van der Waals surface area contributed by atoms with E-state index in [0.29, 0.717) is 17.9 Å². The Morgan fingerprint density at radius 1 is 1.63 bits per heavy atom. The lowest BCUT2D eigenvalue weighted by molar-refractivity contribution is 0.0261. The minimum absolute atomic E-state index is 0.145. The molecular formula is C15H18N2O2. The van der Waals surface area contributed by atoms with Crippen LogP contribution in [0, 0.1) is 18.3 Å². The number of carbonyl (C=O) groups excluding carboxylic acids is 1. The largest absolute Gasteiger partial charge is 0.457 e. The summed E-state index contributed by atoms with van der Waals surface area (Å²) in [5.74, 6) is 3.43. The van der Waals surface area contributed by atoms with E-state index in [1.165, 1.54) is 0 Å². The number of hydrogen-bond donors (Lipinski definition) is 0. The zero-order valence-electron chi connectivity index (χ0n) is 11.3. The van der Waals surface area contributed by atoms with Crippen LogP contribution in [0.4, 0.5) is 5.82 Å². The Kier molecular flexibility index (Phi) is 4.06. The zero-order valence-corrected chi connectivity index (χ0v) is 11.3. The first-order valence-corrected chi connectivity index (χ1v) is 6.39. The molecule has 4 heteroatoms. The number of nitrogens with zero attached hydrogens (tertiary/aromatic N) is 2. The number of hydrogen-bond acceptors (Lipinski definition) is 4. The first kappa shape index (κ1) is 13.4. The summed E-state index contributed by atoms with van der Waals surface area (Å²) in [6, 6.07) is 3.39. The van der Waals surface area contributed by atoms with Gasteiger partial charge in [-0.15, -0.1) is 12.3 Å². The lowest BCUT2D eigenvalue weighted by Gasteiger charge is -2.16. The summed E-state index contributed by atoms with van der Waals surface area (Å²) in [6.45, 7) is 0. The summed E-state index contributed by atoms with van der Waals surface area (Å²) in [7, 11) is 3.76. The third-order valence-corrected chi connectivity index (χ3v) is 3.16. The molecule has 0 N–H and O–H groups in total. The van der Waals surface area contributed by atoms with Gasteiger partial charge in [-0.3, -0.25) is 0 Å². The third-order valence-electron chi connectivity index (χ3n) is 3.16. The fraction of sp³-hybridized carbons (Fsp3) is 0.467. The molecule has 0 aliphatic heterocycles. The van der Waals surface area contributed by atoms with E-state index in [4.69, 9.17) is 11.2 Å². The number of ether oxygens (including phenoxy) is 1. The van der Waals surface area contributed by atoms with Gasteiger partial charge in [-0.05, 0) is 30.9 Å². The summed E-state index contributed by atoms with van der Waals surface area (Å²) in [5, 5.41) is 0. The highest BCUT2D eigenvalue weighted by atomic mass is 16.5. The van der Waals surface area contributed by atoms with Gasteiger partial charge in [-0.25, -0.2) is 9.78 Å². The molecule has 1 fully saturated rings. The number of esters is 1. The normalized spacial score (nSPS) is 15.4. The minimum atomic E-state index is -0.322. The highest BCUT2D eigenvalue weighted by molar-refractivity contribution is 5.90. The Morgan fingerprint density at radius 3 is 2.95 bits per heavy atom. The summed E-state index contributed by atoms with van der Waals surface area (Å²) in [5.41, 5.74) is 0.515. The Labute approximate surface area is 113 Å². The molecule has 1 aromatic rings. The average molecular weight is 258 g/mol. The van der Waals surface area contributed by atoms with Crippen molar-refractivity contribution in [2.75, 3.05) is 19.0 Å². The van der Waals surface area contributed by atoms with E-state index in [0.717, 1.165) is 18.7 Å². The van der Waals surface area contributed by atoms with Crippen molar-refractivity contribution in [1.82, 2.24) is 4.98 Å². The Morgan fingerprint density at radius 2 is 2.37 bits per heavy atom. The molecule has 2 rings (SSSR count). The van der Waals surface area contributed by atoms with Crippen LogP contribution in [0.3, 0.4) is 0 Å². The molecule has 1 atom stereocenters. The average Bonchev–Trinajstić information content (AvgIpc) is 3.22. The molecule has 1 aliphatic carbocycles. The van der Waals surface area contributed by atoms with Gasteiger partial charge < -0.3 is 9.64 Å². The smallest absolute Gasteiger partial charge is 0.338 e. The number of rotatable bonds is 5. The van der Waals surface area contributed by atoms with Crippen LogP contribution in [-0.2, 0) is 4.74 Å². The summed E-state index contributed by atoms with van der Waals surface area (Å²) in [6.07, 6.45) is 9.46. The van der Waals surface area contributed by atoms with Gasteiger partial charge >= 0.3 is 5.97 Å². The molecule has 4 nitrogen and oxygen atoms in total. The quantitative estimate of drug-likeness (QED) is 0.599. The van der Waals surface area contributed by atoms with Gasteiger partial charge in [0.2, 0.25) is 0 Å². The van der Waals surface area contributed by atoms with Crippen LogP contribution in [0.5, 0.6) is 0 Å². The third kappa shape index (κ3) is 3.47. The van der Waals surface area contributed by atoms with Crippen LogP contribution in [0.2, 0.25) is 0 Å². The van der Waals surface area contributed by atoms with Crippen molar-refractivity contribution in [3.8, 4) is 12.3 Å². The predicted molar refractivity (Wildman–Crippen MR) is 73.9 cm³/mol. The molecule has 1 aromatic heterocycles. The van der Waals surface area contributed by atoms with Crippen molar-refractivity contribution < 1.29 is 9.53 Å². The van der Waals surface area contributed by atoms with Crippen molar-refractivity contribution in [2.45, 2.75) is 25.4 Å². The van der Waals surface area contributed by atoms with Gasteiger partial charge in [-0.2, -0.15) is 0 Å². The van der Waals surface area contributed by atoms with Crippen LogP contribution < -0.4 is 4.90 Å². The van der Waals surface area contributed by atoms with Crippen LogP contribution >= 0.6 is 0 Å². The van der Waals surface area contributed by atoms with Gasteiger partial charge in [0.25, 0.3) is 0 Å². The van der Waals surface area contributed by atoms with Gasteiger partial charge in [-0.1, -0.05) is 0 Å². The first-order chi connectivity index (χ1) is 9.11. The molecule has 1 aliphatic rings. The molecule has 100 valence electrons. The summed E-state index contributed by atoms with van der Waals surface area (Å²) >= 11 is 0. The van der Waals surface area contributed by atoms with E-state index in [2.05, 4.69) is 10.9 Å². The maximum atomic E-state index is 12.1. The fourth-order valence-electron chi connectivity index (χ4n) is 1.88. The van der Waals surface area contributed by atoms with Crippen LogP contribution in [-0.4, -0.2) is 31.2 Å². The van der Waals surface area contributed by atoms with Crippen LogP contribution in [0.25, 0.3) is 0 Å². The topological polar surface area (TPSA) is 42.4 Å². The molecule has 1 heterocycles. The maximum Gasteiger partial charge on any atom is 0.338 e. The van der Waals surface area contributed by atoms with Crippen LogP contribution in [0.1, 0.15) is 29.6 Å². The summed E-state index contributed by atoms with van der Waals surface area (Å²) in [4.78, 5) is 18.1. The van der Waals surface area contributed by atoms with Gasteiger partial charge in [0.05, 0.1) is 5.56 Å². The van der Waals surface area contributed by atoms with Gasteiger partial charge in [0.1, 0.15) is 11.9 Å². The molecule has 0 radical (unpaired) electrons. The number of terminal acetylenes is 1. The Bertz CT molecular complexity index is 501. The van der Waals surface area contributed by atoms with Crippen molar-refractivity contribution in [3.05, 3.63) is 23.9 Å². The highest BCUT2D eigenvalue weighted by Gasteiger charge is 2.33. The minimum Gasteiger partial charge on any atom is -0.457 e. The van der Waals surface area contributed by atoms with E-state index in [1.54, 1.807) is 18.3 Å². The lowest BCUT2D eigenvalue weighted by atomic mass is 10.1. The predicted octanol–water partition coefficient (Wildman–Crippen LogP) is 2.11. The fourth-order valence-corrected chi connectivity index (χ4v) is 1.88. The molecule has 0 bridgehead atoms. The number of aromatic nitrogens is 1. The number of pyridine rings is 1. The molecule has 0 saturated heterocycles. The highest BCUT2D eigenvalue weighted by Crippen LogP contribution is 2.36. The van der Waals surface area contributed by atoms with E-state index in [1.807, 2.05) is 19.0 Å². The molecule has 0 spiro atoms. The van der Waals surface area contributed by atoms with E-state index < -0.39 is 0 Å². The van der Waals surface area contributed by atoms with E-state index in [-0.39, 0.29) is 12.1 Å². The van der Waals surface area contributed by atoms with E-state index in [9.17, 15) is 4.79 Å². The molecule has 0 aromatic carbocycles. The first-order valence-electron chi connectivity index (χ1n) is 6.39. The SMILES string of the molecule is C#CCC(OC(=O)c1ccnc(N(C)C)c1)C1CC1. The monoisotopic (exact) mass is 258 g/mol. The Balaban J connectivity index is 2.06. The molecular weight excluding hydrogens is 240 g/mol. The molecule has 0 amide bonds. The van der Waals surface area contributed by atoms with Gasteiger partial charge in [0, 0.05) is 26.7 Å². The van der Waals surface area contributed by atoms with Crippen molar-refractivity contribution in [1.29, 1.82) is 0 Å². The second kappa shape index (κ2) is 5.75. The van der Waals surface area contributed by atoms with E-state index >= 15 is 0 Å². The Hall–Kier alpha value is -2.02. The second-order valence-corrected chi connectivity index (χ2v) is 4.99.